The number of ether oxygens (including phenoxy) is 1. The summed E-state index contributed by atoms with van der Waals surface area (Å²) in [6.45, 7) is -0.566. The van der Waals surface area contributed by atoms with Crippen LogP contribution in [0, 0.1) is 10.1 Å². The van der Waals surface area contributed by atoms with Gasteiger partial charge in [0, 0.05) is 18.1 Å². The highest BCUT2D eigenvalue weighted by atomic mass is 19.4. The standard InChI is InChI=1S/C10H8F3NO4/c11-10(12,13)9(15)18-6-5-7-3-1-2-4-8(7)14(16)17/h1-4H,5-6H2. The highest BCUT2D eigenvalue weighted by Gasteiger charge is 2.40. The molecular weight excluding hydrogens is 255 g/mol. The third kappa shape index (κ3) is 3.72. The van der Waals surface area contributed by atoms with Crippen molar-refractivity contribution in [1.82, 2.24) is 0 Å². The van der Waals surface area contributed by atoms with Crippen molar-refractivity contribution in [3.8, 4) is 0 Å². The molecule has 0 amide bonds. The Morgan fingerprint density at radius 3 is 2.50 bits per heavy atom. The molecule has 1 aromatic rings. The van der Waals surface area contributed by atoms with Crippen LogP contribution in [-0.2, 0) is 16.0 Å². The van der Waals surface area contributed by atoms with Crippen LogP contribution in [0.25, 0.3) is 0 Å². The maximum absolute atomic E-state index is 11.8. The Balaban J connectivity index is 2.60. The molecule has 0 bridgehead atoms. The van der Waals surface area contributed by atoms with E-state index in [0.29, 0.717) is 0 Å². The van der Waals surface area contributed by atoms with E-state index in [9.17, 15) is 28.1 Å². The van der Waals surface area contributed by atoms with Crippen LogP contribution in [0.5, 0.6) is 0 Å². The van der Waals surface area contributed by atoms with Gasteiger partial charge in [-0.2, -0.15) is 13.2 Å². The van der Waals surface area contributed by atoms with Crippen LogP contribution < -0.4 is 0 Å². The van der Waals surface area contributed by atoms with Crippen molar-refractivity contribution in [1.29, 1.82) is 0 Å². The minimum atomic E-state index is -5.05. The summed E-state index contributed by atoms with van der Waals surface area (Å²) in [5.74, 6) is -2.30. The first-order valence-corrected chi connectivity index (χ1v) is 4.78. The summed E-state index contributed by atoms with van der Waals surface area (Å²) in [7, 11) is 0. The van der Waals surface area contributed by atoms with Crippen LogP contribution in [0.2, 0.25) is 0 Å². The third-order valence-corrected chi connectivity index (χ3v) is 2.02. The molecule has 0 aromatic heterocycles. The number of esters is 1. The molecule has 0 unspecified atom stereocenters. The molecule has 0 saturated heterocycles. The molecule has 5 nitrogen and oxygen atoms in total. The summed E-state index contributed by atoms with van der Waals surface area (Å²) in [6, 6.07) is 5.55. The molecule has 0 fully saturated rings. The van der Waals surface area contributed by atoms with Gasteiger partial charge in [-0.3, -0.25) is 10.1 Å². The van der Waals surface area contributed by atoms with Crippen LogP contribution in [-0.4, -0.2) is 23.7 Å². The molecule has 0 aliphatic rings. The van der Waals surface area contributed by atoms with Gasteiger partial charge in [-0.1, -0.05) is 18.2 Å². The zero-order valence-corrected chi connectivity index (χ0v) is 8.94. The monoisotopic (exact) mass is 263 g/mol. The first-order valence-electron chi connectivity index (χ1n) is 4.78. The lowest BCUT2D eigenvalue weighted by Crippen LogP contribution is -2.26. The van der Waals surface area contributed by atoms with Crippen molar-refractivity contribution in [3.05, 3.63) is 39.9 Å². The molecule has 0 aliphatic carbocycles. The number of alkyl halides is 3. The van der Waals surface area contributed by atoms with Crippen molar-refractivity contribution in [3.63, 3.8) is 0 Å². The van der Waals surface area contributed by atoms with Gasteiger partial charge in [0.1, 0.15) is 0 Å². The maximum atomic E-state index is 11.8. The van der Waals surface area contributed by atoms with Gasteiger partial charge in [0.25, 0.3) is 5.69 Å². The highest BCUT2D eigenvalue weighted by Crippen LogP contribution is 2.19. The summed E-state index contributed by atoms with van der Waals surface area (Å²) in [4.78, 5) is 20.3. The Labute approximate surface area is 99.3 Å². The second-order valence-corrected chi connectivity index (χ2v) is 3.27. The second-order valence-electron chi connectivity index (χ2n) is 3.27. The fourth-order valence-electron chi connectivity index (χ4n) is 1.24. The maximum Gasteiger partial charge on any atom is 0.490 e. The molecule has 0 atom stereocenters. The molecule has 0 radical (unpaired) electrons. The normalized spacial score (nSPS) is 11.1. The summed E-state index contributed by atoms with van der Waals surface area (Å²) in [5, 5.41) is 10.6. The van der Waals surface area contributed by atoms with Gasteiger partial charge in [-0.05, 0) is 0 Å². The zero-order valence-electron chi connectivity index (χ0n) is 8.94. The zero-order chi connectivity index (χ0) is 13.8. The van der Waals surface area contributed by atoms with Gasteiger partial charge in [0.15, 0.2) is 0 Å². The van der Waals surface area contributed by atoms with E-state index in [4.69, 9.17) is 0 Å². The van der Waals surface area contributed by atoms with E-state index in [-0.39, 0.29) is 17.7 Å². The summed E-state index contributed by atoms with van der Waals surface area (Å²) < 4.78 is 39.4. The van der Waals surface area contributed by atoms with Crippen molar-refractivity contribution in [2.75, 3.05) is 6.61 Å². The van der Waals surface area contributed by atoms with E-state index in [1.54, 1.807) is 0 Å². The number of nitrogens with zero attached hydrogens (tertiary/aromatic N) is 1. The molecule has 98 valence electrons. The molecule has 0 spiro atoms. The highest BCUT2D eigenvalue weighted by molar-refractivity contribution is 5.75. The van der Waals surface area contributed by atoms with Gasteiger partial charge < -0.3 is 4.74 Å². The van der Waals surface area contributed by atoms with Gasteiger partial charge in [0.05, 0.1) is 11.5 Å². The number of hydrogen-bond acceptors (Lipinski definition) is 4. The number of benzene rings is 1. The average molecular weight is 263 g/mol. The lowest BCUT2D eigenvalue weighted by molar-refractivity contribution is -0.385. The van der Waals surface area contributed by atoms with Crippen LogP contribution in [0.4, 0.5) is 18.9 Å². The number of para-hydroxylation sites is 1. The fraction of sp³-hybridized carbons (Fsp3) is 0.300. The van der Waals surface area contributed by atoms with E-state index >= 15 is 0 Å². The van der Waals surface area contributed by atoms with Gasteiger partial charge in [-0.25, -0.2) is 4.79 Å². The molecule has 1 rings (SSSR count). The SMILES string of the molecule is O=C(OCCc1ccccc1[N+](=O)[O-])C(F)(F)F. The molecular formula is C10H8F3NO4. The van der Waals surface area contributed by atoms with Crippen molar-refractivity contribution in [2.24, 2.45) is 0 Å². The lowest BCUT2D eigenvalue weighted by atomic mass is 10.1. The predicted molar refractivity (Wildman–Crippen MR) is 53.8 cm³/mol. The number of nitro groups is 1. The Morgan fingerprint density at radius 2 is 1.94 bits per heavy atom. The quantitative estimate of drug-likeness (QED) is 0.474. The molecule has 8 heteroatoms. The van der Waals surface area contributed by atoms with E-state index < -0.39 is 23.7 Å². The minimum Gasteiger partial charge on any atom is -0.459 e. The summed E-state index contributed by atoms with van der Waals surface area (Å²) in [5.41, 5.74) is -0.0157. The Hall–Kier alpha value is -2.12. The van der Waals surface area contributed by atoms with Crippen LogP contribution >= 0.6 is 0 Å². The predicted octanol–water partition coefficient (Wildman–Crippen LogP) is 2.24. The Morgan fingerprint density at radius 1 is 1.33 bits per heavy atom. The van der Waals surface area contributed by atoms with Gasteiger partial charge in [-0.15, -0.1) is 0 Å². The van der Waals surface area contributed by atoms with E-state index in [2.05, 4.69) is 4.74 Å². The fourth-order valence-corrected chi connectivity index (χ4v) is 1.24. The van der Waals surface area contributed by atoms with E-state index in [0.717, 1.165) is 0 Å². The topological polar surface area (TPSA) is 69.4 Å². The van der Waals surface area contributed by atoms with Gasteiger partial charge in [0.2, 0.25) is 0 Å². The first-order chi connectivity index (χ1) is 8.32. The van der Waals surface area contributed by atoms with E-state index in [1.807, 2.05) is 0 Å². The summed E-state index contributed by atoms with van der Waals surface area (Å²) >= 11 is 0. The minimum absolute atomic E-state index is 0.154. The molecule has 1 aromatic carbocycles. The van der Waals surface area contributed by atoms with E-state index in [1.165, 1.54) is 24.3 Å². The number of halogens is 3. The summed E-state index contributed by atoms with van der Waals surface area (Å²) in [6.07, 6.45) is -5.21. The van der Waals surface area contributed by atoms with Crippen molar-refractivity contribution in [2.45, 2.75) is 12.6 Å². The van der Waals surface area contributed by atoms with Crippen molar-refractivity contribution >= 4 is 11.7 Å². The lowest BCUT2D eigenvalue weighted by Gasteiger charge is -2.07. The van der Waals surface area contributed by atoms with Crippen LogP contribution in [0.15, 0.2) is 24.3 Å². The molecule has 0 aliphatic heterocycles. The Kier molecular flexibility index (Phi) is 4.24. The Bertz CT molecular complexity index is 459. The van der Waals surface area contributed by atoms with Crippen LogP contribution in [0.3, 0.4) is 0 Å². The smallest absolute Gasteiger partial charge is 0.459 e. The second kappa shape index (κ2) is 5.48. The first kappa shape index (κ1) is 13.9. The molecule has 0 N–H and O–H groups in total. The molecule has 18 heavy (non-hydrogen) atoms. The van der Waals surface area contributed by atoms with Crippen LogP contribution in [0.1, 0.15) is 5.56 Å². The average Bonchev–Trinajstić information content (AvgIpc) is 2.28. The van der Waals surface area contributed by atoms with Crippen molar-refractivity contribution < 1.29 is 27.6 Å². The van der Waals surface area contributed by atoms with Gasteiger partial charge >= 0.3 is 12.1 Å². The number of carbonyl (C=O) groups excluding carboxylic acids is 1. The number of hydrogen-bond donors (Lipinski definition) is 0. The largest absolute Gasteiger partial charge is 0.490 e. The molecule has 0 saturated carbocycles. The number of carbonyl (C=O) groups is 1. The number of rotatable bonds is 4. The third-order valence-electron chi connectivity index (χ3n) is 2.02. The number of nitro benzene ring substituents is 1. The molecule has 0 heterocycles.